The Morgan fingerprint density at radius 3 is 2.23 bits per heavy atom. The molecule has 0 saturated carbocycles. The molecule has 5 nitrogen and oxygen atoms in total. The molecule has 0 spiro atoms. The van der Waals surface area contributed by atoms with E-state index in [0.29, 0.717) is 11.0 Å². The number of carbonyl (C=O) groups is 1. The predicted octanol–water partition coefficient (Wildman–Crippen LogP) is 0.0698. The molecule has 13 heavy (non-hydrogen) atoms. The van der Waals surface area contributed by atoms with Crippen LogP contribution in [-0.4, -0.2) is 19.9 Å². The lowest BCUT2D eigenvalue weighted by Gasteiger charge is -2.07. The summed E-state index contributed by atoms with van der Waals surface area (Å²) in [6.45, 7) is 2.83. The van der Waals surface area contributed by atoms with E-state index in [-0.39, 0.29) is 0 Å². The largest absolute Gasteiger partial charge is 0.514 e. The zero-order valence-corrected chi connectivity index (χ0v) is 6.78. The summed E-state index contributed by atoms with van der Waals surface area (Å²) in [5, 5.41) is 0. The van der Waals surface area contributed by atoms with Gasteiger partial charge in [-0.3, -0.25) is 0 Å². The van der Waals surface area contributed by atoms with Crippen molar-refractivity contribution in [2.45, 2.75) is 5.51 Å². The van der Waals surface area contributed by atoms with E-state index in [9.17, 15) is 26.4 Å². The fourth-order valence-corrected chi connectivity index (χ4v) is 0.471. The van der Waals surface area contributed by atoms with Crippen molar-refractivity contribution in [1.29, 1.82) is 0 Å². The molecule has 0 radical (unpaired) electrons. The number of rotatable bonds is 3. The minimum absolute atomic E-state index is 0.499. The van der Waals surface area contributed by atoms with Crippen molar-refractivity contribution < 1.29 is 31.2 Å². The van der Waals surface area contributed by atoms with Gasteiger partial charge in [0.15, 0.2) is 0 Å². The molecule has 0 amide bonds. The summed E-state index contributed by atoms with van der Waals surface area (Å²) in [4.78, 5) is 14.2. The van der Waals surface area contributed by atoms with Gasteiger partial charge < -0.3 is 4.84 Å². The van der Waals surface area contributed by atoms with Crippen molar-refractivity contribution in [3.8, 4) is 0 Å². The van der Waals surface area contributed by atoms with Crippen LogP contribution >= 0.6 is 0 Å². The van der Waals surface area contributed by atoms with E-state index in [1.54, 1.807) is 0 Å². The molecule has 0 aromatic heterocycles. The van der Waals surface area contributed by atoms with Gasteiger partial charge >= 0.3 is 21.5 Å². The second-order valence-electron chi connectivity index (χ2n) is 1.66. The van der Waals surface area contributed by atoms with Crippen LogP contribution < -0.4 is 4.89 Å². The van der Waals surface area contributed by atoms with E-state index in [4.69, 9.17) is 0 Å². The van der Waals surface area contributed by atoms with E-state index in [1.165, 1.54) is 0 Å². The maximum absolute atomic E-state index is 11.5. The second kappa shape index (κ2) is 3.75. The Morgan fingerprint density at radius 2 is 1.92 bits per heavy atom. The van der Waals surface area contributed by atoms with Crippen LogP contribution in [0.25, 0.3) is 0 Å². The van der Waals surface area contributed by atoms with Gasteiger partial charge in [0.2, 0.25) is 0 Å². The van der Waals surface area contributed by atoms with Gasteiger partial charge in [0, 0.05) is 6.08 Å². The highest BCUT2D eigenvalue weighted by atomic mass is 32.2. The summed E-state index contributed by atoms with van der Waals surface area (Å²) in [5.41, 5.74) is -5.52. The molecule has 0 rings (SSSR count). The summed E-state index contributed by atoms with van der Waals surface area (Å²) >= 11 is 0. The van der Waals surface area contributed by atoms with Crippen LogP contribution in [0.1, 0.15) is 0 Å². The smallest absolute Gasteiger partial charge is 0.352 e. The minimum atomic E-state index is -5.64. The third-order valence-electron chi connectivity index (χ3n) is 0.723. The molecule has 0 heterocycles. The van der Waals surface area contributed by atoms with E-state index in [0.717, 1.165) is 0 Å². The van der Waals surface area contributed by atoms with Gasteiger partial charge in [-0.1, -0.05) is 6.58 Å². The molecule has 0 fully saturated rings. The monoisotopic (exact) mass is 219 g/mol. The van der Waals surface area contributed by atoms with Gasteiger partial charge in [0.25, 0.3) is 0 Å². The van der Waals surface area contributed by atoms with Crippen molar-refractivity contribution in [3.63, 3.8) is 0 Å². The first-order chi connectivity index (χ1) is 5.70. The number of halogens is 3. The molecule has 1 N–H and O–H groups in total. The van der Waals surface area contributed by atoms with Gasteiger partial charge in [-0.25, -0.2) is 4.79 Å². The highest BCUT2D eigenvalue weighted by Crippen LogP contribution is 2.21. The van der Waals surface area contributed by atoms with Crippen molar-refractivity contribution in [2.75, 3.05) is 0 Å². The third-order valence-corrected chi connectivity index (χ3v) is 1.64. The Bertz CT molecular complexity index is 306. The molecule has 0 aromatic rings. The Hall–Kier alpha value is -1.09. The molecule has 0 bridgehead atoms. The quantitative estimate of drug-likeness (QED) is 0.538. The van der Waals surface area contributed by atoms with Crippen molar-refractivity contribution in [3.05, 3.63) is 12.7 Å². The number of hydrogen-bond donors (Lipinski definition) is 1. The fourth-order valence-electron chi connectivity index (χ4n) is 0.185. The molecule has 9 heteroatoms. The minimum Gasteiger partial charge on any atom is -0.352 e. The van der Waals surface area contributed by atoms with Crippen molar-refractivity contribution >= 4 is 16.0 Å². The van der Waals surface area contributed by atoms with E-state index < -0.39 is 21.5 Å². The Labute approximate surface area is 71.2 Å². The lowest BCUT2D eigenvalue weighted by molar-refractivity contribution is -0.141. The van der Waals surface area contributed by atoms with Crippen LogP contribution in [0.15, 0.2) is 12.7 Å². The molecule has 76 valence electrons. The van der Waals surface area contributed by atoms with Crippen LogP contribution in [0.5, 0.6) is 0 Å². The standard InChI is InChI=1S/C4H4F3NO4S/c1-2-3(9)12-8-13(10,11)4(5,6)7/h2,8H,1H2. The van der Waals surface area contributed by atoms with Crippen LogP contribution in [0.3, 0.4) is 0 Å². The average Bonchev–Trinajstić information content (AvgIpc) is 1.98. The summed E-state index contributed by atoms with van der Waals surface area (Å²) in [5.74, 6) is -1.34. The molecule has 0 aliphatic rings. The van der Waals surface area contributed by atoms with Gasteiger partial charge in [-0.15, -0.1) is 0 Å². The Morgan fingerprint density at radius 1 is 1.46 bits per heavy atom. The first-order valence-corrected chi connectivity index (χ1v) is 4.10. The molecule has 0 aliphatic carbocycles. The van der Waals surface area contributed by atoms with E-state index in [1.807, 2.05) is 0 Å². The summed E-state index contributed by atoms with van der Waals surface area (Å²) in [6.07, 6.45) is 0.499. The second-order valence-corrected chi connectivity index (χ2v) is 3.29. The van der Waals surface area contributed by atoms with Crippen LogP contribution in [0, 0.1) is 0 Å². The number of alkyl halides is 3. The first-order valence-electron chi connectivity index (χ1n) is 2.62. The third kappa shape index (κ3) is 3.42. The molecule has 0 aliphatic heterocycles. The zero-order valence-electron chi connectivity index (χ0n) is 5.96. The summed E-state index contributed by atoms with van der Waals surface area (Å²) in [7, 11) is -5.64. The van der Waals surface area contributed by atoms with Gasteiger partial charge in [-0.05, 0) is 4.89 Å². The van der Waals surface area contributed by atoms with Gasteiger partial charge in [-0.2, -0.15) is 21.6 Å². The predicted molar refractivity (Wildman–Crippen MR) is 34.4 cm³/mol. The summed E-state index contributed by atoms with van der Waals surface area (Å²) < 4.78 is 54.8. The van der Waals surface area contributed by atoms with E-state index >= 15 is 0 Å². The molecule has 0 aromatic carbocycles. The lowest BCUT2D eigenvalue weighted by atomic mass is 10.7. The molecule has 0 atom stereocenters. The van der Waals surface area contributed by atoms with E-state index in [2.05, 4.69) is 11.4 Å². The zero-order chi connectivity index (χ0) is 10.7. The number of carbonyl (C=O) groups excluding carboxylic acids is 1. The van der Waals surface area contributed by atoms with Crippen LogP contribution in [-0.2, 0) is 19.7 Å². The van der Waals surface area contributed by atoms with Crippen molar-refractivity contribution in [1.82, 2.24) is 4.89 Å². The molecule has 0 unspecified atom stereocenters. The van der Waals surface area contributed by atoms with Crippen LogP contribution in [0.4, 0.5) is 13.2 Å². The summed E-state index contributed by atoms with van der Waals surface area (Å²) in [6, 6.07) is 0. The highest BCUT2D eigenvalue weighted by Gasteiger charge is 2.46. The SMILES string of the molecule is C=CC(=O)ONS(=O)(=O)C(F)(F)F. The van der Waals surface area contributed by atoms with Crippen LogP contribution in [0.2, 0.25) is 0 Å². The normalized spacial score (nSPS) is 12.2. The van der Waals surface area contributed by atoms with Gasteiger partial charge in [0.05, 0.1) is 0 Å². The first kappa shape index (κ1) is 11.9. The van der Waals surface area contributed by atoms with Crippen molar-refractivity contribution in [2.24, 2.45) is 0 Å². The average molecular weight is 219 g/mol. The maximum atomic E-state index is 11.5. The molecular weight excluding hydrogens is 215 g/mol. The molecule has 0 saturated heterocycles. The fraction of sp³-hybridized carbons (Fsp3) is 0.250. The topological polar surface area (TPSA) is 72.5 Å². The Kier molecular flexibility index (Phi) is 3.43. The lowest BCUT2D eigenvalue weighted by Crippen LogP contribution is -2.37. The highest BCUT2D eigenvalue weighted by molar-refractivity contribution is 7.90. The number of hydrogen-bond acceptors (Lipinski definition) is 4. The number of nitrogens with one attached hydrogen (secondary N) is 1. The Balaban J connectivity index is 4.39. The molecular formula is C4H4F3NO4S. The maximum Gasteiger partial charge on any atom is 0.514 e. The number of sulfonamides is 1. The van der Waals surface area contributed by atoms with Gasteiger partial charge in [0.1, 0.15) is 0 Å².